The minimum Gasteiger partial charge on any atom is -0.497 e. The summed E-state index contributed by atoms with van der Waals surface area (Å²) in [4.78, 5) is 12.8. The largest absolute Gasteiger partial charge is 0.497 e. The second kappa shape index (κ2) is 7.82. The molecule has 0 heterocycles. The standard InChI is InChI=1S/C21H23NO2/c1-24-19-13-11-16(12-14-19)15-20(17-7-3-2-4-8-17)21(23)22-18-9-5-6-10-18/h2-4,7-8,11-15,18H,5-6,9-10H2,1H3,(H,22,23)/b20-15-. The molecule has 1 N–H and O–H groups in total. The lowest BCUT2D eigenvalue weighted by atomic mass is 10.0. The highest BCUT2D eigenvalue weighted by atomic mass is 16.5. The van der Waals surface area contributed by atoms with Crippen LogP contribution in [0.15, 0.2) is 54.6 Å². The van der Waals surface area contributed by atoms with Crippen LogP contribution in [0.1, 0.15) is 36.8 Å². The van der Waals surface area contributed by atoms with Crippen molar-refractivity contribution >= 4 is 17.6 Å². The van der Waals surface area contributed by atoms with Crippen LogP contribution in [0.2, 0.25) is 0 Å². The molecule has 0 aliphatic heterocycles. The van der Waals surface area contributed by atoms with E-state index in [1.54, 1.807) is 7.11 Å². The Labute approximate surface area is 143 Å². The fourth-order valence-electron chi connectivity index (χ4n) is 3.10. The Morgan fingerprint density at radius 3 is 2.33 bits per heavy atom. The minimum absolute atomic E-state index is 0.00363. The average molecular weight is 321 g/mol. The van der Waals surface area contributed by atoms with Gasteiger partial charge in [0, 0.05) is 11.6 Å². The van der Waals surface area contributed by atoms with Gasteiger partial charge in [0.2, 0.25) is 0 Å². The predicted molar refractivity (Wildman–Crippen MR) is 97.7 cm³/mol. The first kappa shape index (κ1) is 16.3. The molecule has 0 bridgehead atoms. The molecule has 1 amide bonds. The molecule has 24 heavy (non-hydrogen) atoms. The highest BCUT2D eigenvalue weighted by Gasteiger charge is 2.20. The molecule has 3 nitrogen and oxygen atoms in total. The number of rotatable bonds is 5. The van der Waals surface area contributed by atoms with E-state index in [2.05, 4.69) is 5.32 Å². The molecule has 2 aromatic rings. The first-order valence-corrected chi connectivity index (χ1v) is 8.48. The Balaban J connectivity index is 1.88. The van der Waals surface area contributed by atoms with E-state index < -0.39 is 0 Å². The molecule has 1 aliphatic rings. The number of ether oxygens (including phenoxy) is 1. The van der Waals surface area contributed by atoms with Crippen LogP contribution >= 0.6 is 0 Å². The van der Waals surface area contributed by atoms with Gasteiger partial charge in [-0.1, -0.05) is 55.3 Å². The van der Waals surface area contributed by atoms with E-state index in [1.165, 1.54) is 12.8 Å². The van der Waals surface area contributed by atoms with Gasteiger partial charge in [0.15, 0.2) is 0 Å². The summed E-state index contributed by atoms with van der Waals surface area (Å²) in [7, 11) is 1.65. The molecule has 124 valence electrons. The average Bonchev–Trinajstić information content (AvgIpc) is 3.14. The lowest BCUT2D eigenvalue weighted by Gasteiger charge is -2.14. The predicted octanol–water partition coefficient (Wildman–Crippen LogP) is 4.29. The van der Waals surface area contributed by atoms with E-state index in [9.17, 15) is 4.79 Å². The topological polar surface area (TPSA) is 38.3 Å². The zero-order valence-electron chi connectivity index (χ0n) is 14.0. The van der Waals surface area contributed by atoms with Gasteiger partial charge in [-0.05, 0) is 42.2 Å². The van der Waals surface area contributed by atoms with Crippen LogP contribution < -0.4 is 10.1 Å². The van der Waals surface area contributed by atoms with E-state index in [1.807, 2.05) is 60.7 Å². The third kappa shape index (κ3) is 4.05. The molecular formula is C21H23NO2. The maximum atomic E-state index is 12.8. The van der Waals surface area contributed by atoms with Gasteiger partial charge in [0.25, 0.3) is 5.91 Å². The maximum absolute atomic E-state index is 12.8. The number of carbonyl (C=O) groups excluding carboxylic acids is 1. The summed E-state index contributed by atoms with van der Waals surface area (Å²) in [6, 6.07) is 17.9. The van der Waals surface area contributed by atoms with E-state index in [4.69, 9.17) is 4.74 Å². The Bertz CT molecular complexity index is 698. The number of hydrogen-bond acceptors (Lipinski definition) is 2. The van der Waals surface area contributed by atoms with Crippen molar-refractivity contribution in [3.05, 3.63) is 65.7 Å². The third-order valence-electron chi connectivity index (χ3n) is 4.45. The molecule has 0 radical (unpaired) electrons. The SMILES string of the molecule is COc1ccc(/C=C(\C(=O)NC2CCCC2)c2ccccc2)cc1. The number of amides is 1. The molecule has 3 heteroatoms. The van der Waals surface area contributed by atoms with E-state index in [0.29, 0.717) is 11.6 Å². The van der Waals surface area contributed by atoms with Gasteiger partial charge in [-0.15, -0.1) is 0 Å². The van der Waals surface area contributed by atoms with Crippen LogP contribution in [-0.2, 0) is 4.79 Å². The quantitative estimate of drug-likeness (QED) is 0.659. The Morgan fingerprint density at radius 2 is 1.71 bits per heavy atom. The van der Waals surface area contributed by atoms with E-state index in [0.717, 1.165) is 29.7 Å². The molecule has 2 aromatic carbocycles. The molecule has 0 saturated heterocycles. The highest BCUT2D eigenvalue weighted by molar-refractivity contribution is 6.24. The van der Waals surface area contributed by atoms with Crippen molar-refractivity contribution < 1.29 is 9.53 Å². The molecular weight excluding hydrogens is 298 g/mol. The molecule has 3 rings (SSSR count). The maximum Gasteiger partial charge on any atom is 0.252 e. The summed E-state index contributed by atoms with van der Waals surface area (Å²) >= 11 is 0. The van der Waals surface area contributed by atoms with Gasteiger partial charge in [-0.3, -0.25) is 4.79 Å². The molecule has 0 spiro atoms. The molecule has 0 atom stereocenters. The molecule has 1 fully saturated rings. The van der Waals surface area contributed by atoms with Crippen molar-refractivity contribution in [1.29, 1.82) is 0 Å². The summed E-state index contributed by atoms with van der Waals surface area (Å²) in [5, 5.41) is 3.19. The number of benzene rings is 2. The smallest absolute Gasteiger partial charge is 0.252 e. The molecule has 0 unspecified atom stereocenters. The number of hydrogen-bond donors (Lipinski definition) is 1. The third-order valence-corrected chi connectivity index (χ3v) is 4.45. The van der Waals surface area contributed by atoms with Crippen LogP contribution in [0.5, 0.6) is 5.75 Å². The highest BCUT2D eigenvalue weighted by Crippen LogP contribution is 2.23. The number of nitrogens with one attached hydrogen (secondary N) is 1. The van der Waals surface area contributed by atoms with Gasteiger partial charge < -0.3 is 10.1 Å². The monoisotopic (exact) mass is 321 g/mol. The Hall–Kier alpha value is -2.55. The minimum atomic E-state index is 0.00363. The fourth-order valence-corrected chi connectivity index (χ4v) is 3.10. The van der Waals surface area contributed by atoms with Gasteiger partial charge in [-0.2, -0.15) is 0 Å². The number of methoxy groups -OCH3 is 1. The van der Waals surface area contributed by atoms with Crippen molar-refractivity contribution in [1.82, 2.24) is 5.32 Å². The van der Waals surface area contributed by atoms with Crippen molar-refractivity contribution in [3.8, 4) is 5.75 Å². The zero-order chi connectivity index (χ0) is 16.8. The van der Waals surface area contributed by atoms with Crippen molar-refractivity contribution in [3.63, 3.8) is 0 Å². The van der Waals surface area contributed by atoms with Crippen LogP contribution in [0.25, 0.3) is 11.6 Å². The zero-order valence-corrected chi connectivity index (χ0v) is 14.0. The summed E-state index contributed by atoms with van der Waals surface area (Å²) in [6.07, 6.45) is 6.51. The van der Waals surface area contributed by atoms with Gasteiger partial charge in [0.1, 0.15) is 5.75 Å². The second-order valence-corrected chi connectivity index (χ2v) is 6.15. The lowest BCUT2D eigenvalue weighted by Crippen LogP contribution is -2.33. The van der Waals surface area contributed by atoms with Crippen LogP contribution in [-0.4, -0.2) is 19.1 Å². The van der Waals surface area contributed by atoms with E-state index in [-0.39, 0.29) is 5.91 Å². The second-order valence-electron chi connectivity index (χ2n) is 6.15. The van der Waals surface area contributed by atoms with Crippen molar-refractivity contribution in [2.24, 2.45) is 0 Å². The van der Waals surface area contributed by atoms with Crippen molar-refractivity contribution in [2.45, 2.75) is 31.7 Å². The van der Waals surface area contributed by atoms with Gasteiger partial charge in [-0.25, -0.2) is 0 Å². The van der Waals surface area contributed by atoms with Crippen LogP contribution in [0.3, 0.4) is 0 Å². The van der Waals surface area contributed by atoms with Crippen LogP contribution in [0.4, 0.5) is 0 Å². The van der Waals surface area contributed by atoms with Gasteiger partial charge in [0.05, 0.1) is 7.11 Å². The Morgan fingerprint density at radius 1 is 1.04 bits per heavy atom. The summed E-state index contributed by atoms with van der Waals surface area (Å²) in [5.41, 5.74) is 2.62. The molecule has 1 aliphatic carbocycles. The van der Waals surface area contributed by atoms with E-state index >= 15 is 0 Å². The van der Waals surface area contributed by atoms with Crippen molar-refractivity contribution in [2.75, 3.05) is 7.11 Å². The van der Waals surface area contributed by atoms with Crippen LogP contribution in [0, 0.1) is 0 Å². The first-order chi connectivity index (χ1) is 11.8. The summed E-state index contributed by atoms with van der Waals surface area (Å²) < 4.78 is 5.19. The summed E-state index contributed by atoms with van der Waals surface area (Å²) in [5.74, 6) is 0.813. The number of carbonyl (C=O) groups is 1. The fraction of sp³-hybridized carbons (Fsp3) is 0.286. The normalized spacial score (nSPS) is 15.3. The summed E-state index contributed by atoms with van der Waals surface area (Å²) in [6.45, 7) is 0. The first-order valence-electron chi connectivity index (χ1n) is 8.48. The molecule has 1 saturated carbocycles. The Kier molecular flexibility index (Phi) is 5.32. The lowest BCUT2D eigenvalue weighted by molar-refractivity contribution is -0.116. The van der Waals surface area contributed by atoms with Gasteiger partial charge >= 0.3 is 0 Å². The molecule has 0 aromatic heterocycles.